The van der Waals surface area contributed by atoms with E-state index in [1.165, 1.54) is 24.0 Å². The lowest BCUT2D eigenvalue weighted by Gasteiger charge is -2.29. The van der Waals surface area contributed by atoms with Gasteiger partial charge in [0.05, 0.1) is 26.3 Å². The van der Waals surface area contributed by atoms with E-state index < -0.39 is 42.1 Å². The number of rotatable bonds is 6. The fourth-order valence-corrected chi connectivity index (χ4v) is 4.00. The molecule has 0 saturated carbocycles. The molecule has 3 rings (SSSR count). The third kappa shape index (κ3) is 3.75. The highest BCUT2D eigenvalue weighted by molar-refractivity contribution is 5.97. The van der Waals surface area contributed by atoms with Gasteiger partial charge in [0.25, 0.3) is 0 Å². The maximum atomic E-state index is 13.6. The van der Waals surface area contributed by atoms with Crippen LogP contribution in [0.3, 0.4) is 0 Å². The molecule has 7 nitrogen and oxygen atoms in total. The summed E-state index contributed by atoms with van der Waals surface area (Å²) in [5, 5.41) is 0. The van der Waals surface area contributed by atoms with Crippen molar-refractivity contribution in [2.24, 2.45) is 0 Å². The first kappa shape index (κ1) is 21.4. The Morgan fingerprint density at radius 3 is 1.37 bits per heavy atom. The Hall–Kier alpha value is -3.35. The van der Waals surface area contributed by atoms with E-state index in [-0.39, 0.29) is 0 Å². The Kier molecular flexibility index (Phi) is 6.40. The maximum Gasteiger partial charge on any atom is 0.331 e. The van der Waals surface area contributed by atoms with Crippen molar-refractivity contribution in [2.45, 2.75) is 38.0 Å². The molecule has 0 spiro atoms. The van der Waals surface area contributed by atoms with E-state index in [0.717, 1.165) is 11.1 Å². The largest absolute Gasteiger partial charge is 0.467 e. The zero-order valence-electron chi connectivity index (χ0n) is 17.5. The molecule has 0 aromatic heterocycles. The number of urea groups is 1. The highest BCUT2D eigenvalue weighted by Gasteiger charge is 2.57. The summed E-state index contributed by atoms with van der Waals surface area (Å²) in [7, 11) is 2.49. The predicted octanol–water partition coefficient (Wildman–Crippen LogP) is 3.33. The van der Waals surface area contributed by atoms with Crippen molar-refractivity contribution in [3.8, 4) is 0 Å². The van der Waals surface area contributed by atoms with E-state index in [2.05, 4.69) is 0 Å². The van der Waals surface area contributed by atoms with Gasteiger partial charge < -0.3 is 19.3 Å². The second-order valence-electron chi connectivity index (χ2n) is 7.21. The number of hydrogen-bond donors (Lipinski definition) is 0. The molecule has 0 N–H and O–H groups in total. The van der Waals surface area contributed by atoms with Gasteiger partial charge in [-0.1, -0.05) is 60.7 Å². The van der Waals surface area contributed by atoms with Gasteiger partial charge in [-0.15, -0.1) is 0 Å². The number of ether oxygens (including phenoxy) is 2. The molecule has 1 saturated heterocycles. The van der Waals surface area contributed by atoms with Crippen LogP contribution in [0.15, 0.2) is 60.7 Å². The van der Waals surface area contributed by atoms with Gasteiger partial charge in [0.15, 0.2) is 12.1 Å². The highest BCUT2D eigenvalue weighted by atomic mass is 16.5. The van der Waals surface area contributed by atoms with Crippen molar-refractivity contribution in [1.29, 1.82) is 0 Å². The summed E-state index contributed by atoms with van der Waals surface area (Å²) in [5.74, 6) is -1.33. The van der Waals surface area contributed by atoms with Crippen molar-refractivity contribution in [1.82, 2.24) is 9.80 Å². The topological polar surface area (TPSA) is 76.2 Å². The number of carbonyl (C=O) groups excluding carboxylic acids is 3. The number of esters is 2. The molecule has 1 fully saturated rings. The van der Waals surface area contributed by atoms with E-state index in [1.54, 1.807) is 0 Å². The van der Waals surface area contributed by atoms with E-state index >= 15 is 0 Å². The SMILES string of the molecule is COC(=O)C1C(C(=O)OC)N([C@H](C)c2ccccc2)C(=O)N1[C@H](C)c1ccccc1. The molecule has 2 aromatic carbocycles. The predicted molar refractivity (Wildman–Crippen MR) is 110 cm³/mol. The van der Waals surface area contributed by atoms with Gasteiger partial charge in [0.2, 0.25) is 0 Å². The normalized spacial score (nSPS) is 20.6. The number of carbonyl (C=O) groups is 3. The number of hydrogen-bond acceptors (Lipinski definition) is 5. The monoisotopic (exact) mass is 410 g/mol. The van der Waals surface area contributed by atoms with Crippen molar-refractivity contribution < 1.29 is 23.9 Å². The van der Waals surface area contributed by atoms with E-state index in [9.17, 15) is 14.4 Å². The van der Waals surface area contributed by atoms with Crippen LogP contribution in [0, 0.1) is 0 Å². The Bertz CT molecular complexity index is 829. The van der Waals surface area contributed by atoms with E-state index in [0.29, 0.717) is 0 Å². The molecule has 2 aromatic rings. The van der Waals surface area contributed by atoms with Crippen LogP contribution >= 0.6 is 0 Å². The van der Waals surface area contributed by atoms with Crippen LogP contribution in [-0.2, 0) is 19.1 Å². The van der Waals surface area contributed by atoms with E-state index in [4.69, 9.17) is 9.47 Å². The van der Waals surface area contributed by atoms with Gasteiger partial charge in [-0.2, -0.15) is 0 Å². The molecule has 7 heteroatoms. The smallest absolute Gasteiger partial charge is 0.331 e. The molecule has 4 atom stereocenters. The van der Waals surface area contributed by atoms with Gasteiger partial charge in [-0.3, -0.25) is 0 Å². The van der Waals surface area contributed by atoms with Crippen LogP contribution in [0.2, 0.25) is 0 Å². The number of amides is 2. The van der Waals surface area contributed by atoms with Crippen molar-refractivity contribution in [3.05, 3.63) is 71.8 Å². The fourth-order valence-electron chi connectivity index (χ4n) is 4.00. The lowest BCUT2D eigenvalue weighted by molar-refractivity contribution is -0.155. The molecule has 0 aliphatic carbocycles. The van der Waals surface area contributed by atoms with Crippen LogP contribution in [0.4, 0.5) is 4.79 Å². The zero-order valence-corrected chi connectivity index (χ0v) is 17.5. The summed E-state index contributed by atoms with van der Waals surface area (Å²) in [4.78, 5) is 42.1. The van der Waals surface area contributed by atoms with E-state index in [1.807, 2.05) is 74.5 Å². The summed E-state index contributed by atoms with van der Waals surface area (Å²) in [6.07, 6.45) is 0. The summed E-state index contributed by atoms with van der Waals surface area (Å²) < 4.78 is 9.98. The number of methoxy groups -OCH3 is 2. The lowest BCUT2D eigenvalue weighted by Crippen LogP contribution is -2.49. The second-order valence-corrected chi connectivity index (χ2v) is 7.21. The summed E-state index contributed by atoms with van der Waals surface area (Å²) in [6.45, 7) is 3.66. The van der Waals surface area contributed by atoms with Crippen LogP contribution < -0.4 is 0 Å². The van der Waals surface area contributed by atoms with Gasteiger partial charge >= 0.3 is 18.0 Å². The van der Waals surface area contributed by atoms with Crippen LogP contribution in [0.1, 0.15) is 37.1 Å². The molecule has 158 valence electrons. The van der Waals surface area contributed by atoms with Gasteiger partial charge in [0, 0.05) is 0 Å². The molecule has 0 bridgehead atoms. The molecule has 2 unspecified atom stereocenters. The second kappa shape index (κ2) is 8.98. The minimum absolute atomic E-state index is 0.423. The highest BCUT2D eigenvalue weighted by Crippen LogP contribution is 2.38. The summed E-state index contributed by atoms with van der Waals surface area (Å²) >= 11 is 0. The Balaban J connectivity index is 2.11. The first-order valence-corrected chi connectivity index (χ1v) is 9.78. The lowest BCUT2D eigenvalue weighted by atomic mass is 10.0. The first-order chi connectivity index (χ1) is 14.4. The molecule has 1 heterocycles. The zero-order chi connectivity index (χ0) is 21.8. The molecule has 1 aliphatic heterocycles. The van der Waals surface area contributed by atoms with Crippen molar-refractivity contribution >= 4 is 18.0 Å². The summed E-state index contributed by atoms with van der Waals surface area (Å²) in [6, 6.07) is 15.1. The molecule has 0 radical (unpaired) electrons. The molecule has 2 amide bonds. The Morgan fingerprint density at radius 2 is 1.07 bits per heavy atom. The summed E-state index contributed by atoms with van der Waals surface area (Å²) in [5.41, 5.74) is 1.69. The quantitative estimate of drug-likeness (QED) is 0.683. The molecule has 1 aliphatic rings. The standard InChI is InChI=1S/C23H26N2O5/c1-15(17-11-7-5-8-12-17)24-19(21(26)29-3)20(22(27)30-4)25(23(24)28)16(2)18-13-9-6-10-14-18/h5-16,19-20H,1-4H3/t15-,16-,19?,20?/m1/s1. The van der Waals surface area contributed by atoms with Crippen molar-refractivity contribution in [2.75, 3.05) is 14.2 Å². The average Bonchev–Trinajstić information content (AvgIpc) is 3.10. The molecular formula is C23H26N2O5. The van der Waals surface area contributed by atoms with Gasteiger partial charge in [-0.05, 0) is 25.0 Å². The maximum absolute atomic E-state index is 13.6. The number of benzene rings is 2. The minimum atomic E-state index is -1.13. The van der Waals surface area contributed by atoms with Crippen LogP contribution in [0.5, 0.6) is 0 Å². The Labute approximate surface area is 176 Å². The number of nitrogens with zero attached hydrogens (tertiary/aromatic N) is 2. The van der Waals surface area contributed by atoms with Crippen molar-refractivity contribution in [3.63, 3.8) is 0 Å². The third-order valence-electron chi connectivity index (χ3n) is 5.62. The van der Waals surface area contributed by atoms with Crippen LogP contribution in [0.25, 0.3) is 0 Å². The average molecular weight is 410 g/mol. The molecule has 30 heavy (non-hydrogen) atoms. The first-order valence-electron chi connectivity index (χ1n) is 9.78. The van der Waals surface area contributed by atoms with Gasteiger partial charge in [0.1, 0.15) is 0 Å². The van der Waals surface area contributed by atoms with Crippen LogP contribution in [-0.4, -0.2) is 54.1 Å². The fraction of sp³-hybridized carbons (Fsp3) is 0.348. The molecular weight excluding hydrogens is 384 g/mol. The van der Waals surface area contributed by atoms with Gasteiger partial charge in [-0.25, -0.2) is 14.4 Å². The minimum Gasteiger partial charge on any atom is -0.467 e. The Morgan fingerprint density at radius 1 is 0.733 bits per heavy atom. The third-order valence-corrected chi connectivity index (χ3v) is 5.62.